The number of thiol groups is 1. The fourth-order valence-corrected chi connectivity index (χ4v) is 3.03. The molecule has 0 aliphatic carbocycles. The maximum atomic E-state index is 12.0. The third kappa shape index (κ3) is 5.22. The Hall–Kier alpha value is -1.05. The molecule has 7 heteroatoms. The summed E-state index contributed by atoms with van der Waals surface area (Å²) in [4.78, 5) is 12.6. The second kappa shape index (κ2) is 8.19. The van der Waals surface area contributed by atoms with E-state index < -0.39 is 0 Å². The Bertz CT molecular complexity index is 503. The van der Waals surface area contributed by atoms with Crippen LogP contribution in [0, 0.1) is 0 Å². The molecule has 102 valence electrons. The standard InChI is InChI=1S/C12H15N3OS3/c1-3-18-8(2)19-12(15-13)14-11(16)9-6-4-5-7-10(9)17/h4-7,17H,2-3,13H2,1H3,(H,14,15,16). The first-order valence-corrected chi connectivity index (χ1v) is 7.70. The normalized spacial score (nSPS) is 11.2. The van der Waals surface area contributed by atoms with Gasteiger partial charge in [-0.05, 0) is 29.6 Å². The van der Waals surface area contributed by atoms with Crippen molar-refractivity contribution >= 4 is 47.2 Å². The molecule has 0 bridgehead atoms. The van der Waals surface area contributed by atoms with Crippen LogP contribution in [0.5, 0.6) is 0 Å². The molecular weight excluding hydrogens is 298 g/mol. The highest BCUT2D eigenvalue weighted by Crippen LogP contribution is 2.26. The van der Waals surface area contributed by atoms with Gasteiger partial charge in [0.25, 0.3) is 5.91 Å². The molecule has 3 N–H and O–H groups in total. The van der Waals surface area contributed by atoms with Crippen LogP contribution < -0.4 is 11.2 Å². The van der Waals surface area contributed by atoms with Crippen molar-refractivity contribution in [3.05, 3.63) is 40.6 Å². The number of nitrogens with zero attached hydrogens (tertiary/aromatic N) is 1. The molecule has 0 heterocycles. The lowest BCUT2D eigenvalue weighted by Gasteiger charge is -2.09. The van der Waals surface area contributed by atoms with Crippen LogP contribution in [0.25, 0.3) is 0 Å². The number of carbonyl (C=O) groups is 1. The number of thioether (sulfide) groups is 2. The summed E-state index contributed by atoms with van der Waals surface area (Å²) in [5, 5.41) is 6.51. The van der Waals surface area contributed by atoms with Gasteiger partial charge in [0.1, 0.15) is 0 Å². The number of rotatable bonds is 4. The lowest BCUT2D eigenvalue weighted by atomic mass is 10.2. The molecule has 0 atom stereocenters. The minimum Gasteiger partial charge on any atom is -0.321 e. The Labute approximate surface area is 126 Å². The Morgan fingerprint density at radius 2 is 2.21 bits per heavy atom. The summed E-state index contributed by atoms with van der Waals surface area (Å²) in [5.41, 5.74) is 0.473. The lowest BCUT2D eigenvalue weighted by molar-refractivity contribution is 0.0975. The van der Waals surface area contributed by atoms with Crippen molar-refractivity contribution < 1.29 is 4.79 Å². The smallest absolute Gasteiger partial charge is 0.258 e. The molecule has 1 rings (SSSR count). The zero-order valence-electron chi connectivity index (χ0n) is 10.4. The number of hydrazone groups is 1. The van der Waals surface area contributed by atoms with E-state index in [-0.39, 0.29) is 5.91 Å². The average Bonchev–Trinajstić information content (AvgIpc) is 2.38. The topological polar surface area (TPSA) is 67.5 Å². The van der Waals surface area contributed by atoms with Crippen LogP contribution in [-0.2, 0) is 0 Å². The summed E-state index contributed by atoms with van der Waals surface area (Å²) in [6.45, 7) is 5.87. The van der Waals surface area contributed by atoms with E-state index in [1.54, 1.807) is 30.0 Å². The summed E-state index contributed by atoms with van der Waals surface area (Å²) in [6.07, 6.45) is 0. The Kier molecular flexibility index (Phi) is 6.90. The first kappa shape index (κ1) is 16.0. The van der Waals surface area contributed by atoms with Crippen LogP contribution in [0.3, 0.4) is 0 Å². The average molecular weight is 313 g/mol. The molecule has 0 radical (unpaired) electrons. The van der Waals surface area contributed by atoms with Gasteiger partial charge in [0, 0.05) is 9.13 Å². The third-order valence-electron chi connectivity index (χ3n) is 2.00. The van der Waals surface area contributed by atoms with Crippen LogP contribution in [0.4, 0.5) is 0 Å². The van der Waals surface area contributed by atoms with E-state index >= 15 is 0 Å². The van der Waals surface area contributed by atoms with Crippen LogP contribution in [0.15, 0.2) is 45.1 Å². The van der Waals surface area contributed by atoms with Gasteiger partial charge in [-0.1, -0.05) is 25.6 Å². The number of carbonyl (C=O) groups excluding carboxylic acids is 1. The predicted octanol–water partition coefficient (Wildman–Crippen LogP) is 2.89. The van der Waals surface area contributed by atoms with E-state index in [1.165, 1.54) is 11.8 Å². The Morgan fingerprint density at radius 1 is 1.53 bits per heavy atom. The van der Waals surface area contributed by atoms with Crippen LogP contribution in [0.1, 0.15) is 17.3 Å². The minimum atomic E-state index is -0.295. The van der Waals surface area contributed by atoms with Gasteiger partial charge in [-0.3, -0.25) is 10.1 Å². The van der Waals surface area contributed by atoms with E-state index in [2.05, 4.69) is 29.6 Å². The number of amidine groups is 1. The van der Waals surface area contributed by atoms with Crippen LogP contribution in [0.2, 0.25) is 0 Å². The first-order valence-electron chi connectivity index (χ1n) is 5.45. The van der Waals surface area contributed by atoms with Gasteiger partial charge in [0.2, 0.25) is 0 Å². The Balaban J connectivity index is 2.70. The summed E-state index contributed by atoms with van der Waals surface area (Å²) in [7, 11) is 0. The largest absolute Gasteiger partial charge is 0.321 e. The number of nitrogens with one attached hydrogen (secondary N) is 1. The van der Waals surface area contributed by atoms with Gasteiger partial charge < -0.3 is 5.84 Å². The Morgan fingerprint density at radius 3 is 2.79 bits per heavy atom. The van der Waals surface area contributed by atoms with Crippen LogP contribution >= 0.6 is 36.2 Å². The third-order valence-corrected chi connectivity index (χ3v) is 4.23. The number of benzene rings is 1. The van der Waals surface area contributed by atoms with Crippen molar-refractivity contribution in [2.45, 2.75) is 11.8 Å². The summed E-state index contributed by atoms with van der Waals surface area (Å²) in [6, 6.07) is 7.01. The number of amides is 1. The van der Waals surface area contributed by atoms with Crippen LogP contribution in [-0.4, -0.2) is 16.8 Å². The molecule has 0 aromatic heterocycles. The molecule has 1 amide bonds. The molecule has 4 nitrogen and oxygen atoms in total. The van der Waals surface area contributed by atoms with E-state index in [1.807, 2.05) is 13.0 Å². The minimum absolute atomic E-state index is 0.295. The highest BCUT2D eigenvalue weighted by molar-refractivity contribution is 8.29. The first-order chi connectivity index (χ1) is 9.08. The highest BCUT2D eigenvalue weighted by atomic mass is 32.2. The van der Waals surface area contributed by atoms with Crippen molar-refractivity contribution in [1.82, 2.24) is 5.32 Å². The van der Waals surface area contributed by atoms with E-state index in [0.717, 1.165) is 9.99 Å². The van der Waals surface area contributed by atoms with Gasteiger partial charge in [-0.25, -0.2) is 0 Å². The van der Waals surface area contributed by atoms with E-state index in [4.69, 9.17) is 5.84 Å². The van der Waals surface area contributed by atoms with Gasteiger partial charge in [-0.15, -0.1) is 24.4 Å². The second-order valence-electron chi connectivity index (χ2n) is 3.31. The molecule has 1 aromatic rings. The molecule has 0 saturated heterocycles. The molecule has 0 fully saturated rings. The van der Waals surface area contributed by atoms with Crippen molar-refractivity contribution in [1.29, 1.82) is 0 Å². The second-order valence-corrected chi connectivity index (χ2v) is 6.50. The number of hydrogen-bond acceptors (Lipinski definition) is 6. The fourth-order valence-electron chi connectivity index (χ4n) is 1.21. The van der Waals surface area contributed by atoms with E-state index in [9.17, 15) is 4.79 Å². The van der Waals surface area contributed by atoms with Crippen molar-refractivity contribution in [3.63, 3.8) is 0 Å². The summed E-state index contributed by atoms with van der Waals surface area (Å²) >= 11 is 7.03. The zero-order chi connectivity index (χ0) is 14.3. The highest BCUT2D eigenvalue weighted by Gasteiger charge is 2.12. The van der Waals surface area contributed by atoms with E-state index in [0.29, 0.717) is 15.6 Å². The maximum absolute atomic E-state index is 12.0. The van der Waals surface area contributed by atoms with Crippen molar-refractivity contribution in [3.8, 4) is 0 Å². The molecule has 0 unspecified atom stereocenters. The zero-order valence-corrected chi connectivity index (χ0v) is 12.9. The summed E-state index contributed by atoms with van der Waals surface area (Å²) < 4.78 is 0.825. The number of nitrogens with two attached hydrogens (primary N) is 1. The van der Waals surface area contributed by atoms with Gasteiger partial charge in [-0.2, -0.15) is 5.10 Å². The monoisotopic (exact) mass is 313 g/mol. The summed E-state index contributed by atoms with van der Waals surface area (Å²) in [5.74, 6) is 5.87. The quantitative estimate of drug-likeness (QED) is 0.263. The lowest BCUT2D eigenvalue weighted by Crippen LogP contribution is -2.29. The number of hydrogen-bond donors (Lipinski definition) is 3. The molecular formula is C12H15N3OS3. The predicted molar refractivity (Wildman–Crippen MR) is 87.6 cm³/mol. The molecule has 0 spiro atoms. The molecule has 19 heavy (non-hydrogen) atoms. The molecule has 0 saturated carbocycles. The molecule has 0 aliphatic heterocycles. The van der Waals surface area contributed by atoms with Gasteiger partial charge in [0.05, 0.1) is 5.56 Å². The molecule has 0 aliphatic rings. The van der Waals surface area contributed by atoms with Crippen molar-refractivity contribution in [2.75, 3.05) is 5.75 Å². The van der Waals surface area contributed by atoms with Gasteiger partial charge >= 0.3 is 0 Å². The van der Waals surface area contributed by atoms with Crippen molar-refractivity contribution in [2.24, 2.45) is 10.9 Å². The fraction of sp³-hybridized carbons (Fsp3) is 0.167. The molecule has 1 aromatic carbocycles. The van der Waals surface area contributed by atoms with Gasteiger partial charge in [0.15, 0.2) is 5.17 Å². The maximum Gasteiger partial charge on any atom is 0.258 e. The SMILES string of the molecule is C=C(SCC)S/C(=N\N)NC(=O)c1ccccc1S.